The molecule has 3 nitrogen and oxygen atoms in total. The standard InChI is InChI=1S/C11H18N2O/c1-13-5-4-10(8-13)7-12-11-3-2-6-14-9-11/h4-5,8,11-12H,2-3,6-7,9H2,1H3. The second-order valence-electron chi connectivity index (χ2n) is 3.98. The SMILES string of the molecule is Cn1ccc(CNC2CCCOC2)c1. The summed E-state index contributed by atoms with van der Waals surface area (Å²) in [5, 5.41) is 3.51. The molecule has 0 saturated carbocycles. The molecular weight excluding hydrogens is 176 g/mol. The Morgan fingerprint density at radius 2 is 2.57 bits per heavy atom. The highest BCUT2D eigenvalue weighted by molar-refractivity contribution is 5.09. The Kier molecular flexibility index (Phi) is 3.22. The van der Waals surface area contributed by atoms with Gasteiger partial charge in [0.2, 0.25) is 0 Å². The average molecular weight is 194 g/mol. The highest BCUT2D eigenvalue weighted by Crippen LogP contribution is 2.07. The maximum absolute atomic E-state index is 5.41. The lowest BCUT2D eigenvalue weighted by Crippen LogP contribution is -2.36. The quantitative estimate of drug-likeness (QED) is 0.785. The van der Waals surface area contributed by atoms with Crippen LogP contribution in [0, 0.1) is 0 Å². The molecule has 0 bridgehead atoms. The smallest absolute Gasteiger partial charge is 0.0619 e. The first-order valence-corrected chi connectivity index (χ1v) is 5.26. The van der Waals surface area contributed by atoms with E-state index in [9.17, 15) is 0 Å². The van der Waals surface area contributed by atoms with Crippen molar-refractivity contribution in [3.63, 3.8) is 0 Å². The minimum absolute atomic E-state index is 0.545. The second kappa shape index (κ2) is 4.62. The number of ether oxygens (including phenoxy) is 1. The van der Waals surface area contributed by atoms with Gasteiger partial charge in [-0.3, -0.25) is 0 Å². The van der Waals surface area contributed by atoms with E-state index < -0.39 is 0 Å². The molecule has 1 aromatic rings. The van der Waals surface area contributed by atoms with E-state index in [1.54, 1.807) is 0 Å². The van der Waals surface area contributed by atoms with E-state index in [1.807, 2.05) is 7.05 Å². The van der Waals surface area contributed by atoms with Crippen LogP contribution in [0.15, 0.2) is 18.5 Å². The summed E-state index contributed by atoms with van der Waals surface area (Å²) >= 11 is 0. The van der Waals surface area contributed by atoms with Crippen LogP contribution in [-0.4, -0.2) is 23.8 Å². The van der Waals surface area contributed by atoms with Gasteiger partial charge < -0.3 is 14.6 Å². The van der Waals surface area contributed by atoms with Gasteiger partial charge in [-0.2, -0.15) is 0 Å². The van der Waals surface area contributed by atoms with Crippen molar-refractivity contribution in [1.82, 2.24) is 9.88 Å². The summed E-state index contributed by atoms with van der Waals surface area (Å²) in [6.45, 7) is 2.76. The Balaban J connectivity index is 1.76. The summed E-state index contributed by atoms with van der Waals surface area (Å²) in [5.41, 5.74) is 1.35. The molecule has 14 heavy (non-hydrogen) atoms. The molecule has 0 amide bonds. The zero-order chi connectivity index (χ0) is 9.80. The largest absolute Gasteiger partial charge is 0.380 e. The van der Waals surface area contributed by atoms with Gasteiger partial charge in [-0.25, -0.2) is 0 Å². The zero-order valence-electron chi connectivity index (χ0n) is 8.70. The summed E-state index contributed by atoms with van der Waals surface area (Å²) in [6, 6.07) is 2.69. The monoisotopic (exact) mass is 194 g/mol. The number of aryl methyl sites for hydroxylation is 1. The number of rotatable bonds is 3. The third-order valence-electron chi connectivity index (χ3n) is 2.65. The normalized spacial score (nSPS) is 22.5. The van der Waals surface area contributed by atoms with E-state index in [0.29, 0.717) is 6.04 Å². The van der Waals surface area contributed by atoms with Gasteiger partial charge in [0.1, 0.15) is 0 Å². The molecule has 0 aliphatic carbocycles. The molecule has 1 N–H and O–H groups in total. The molecule has 1 unspecified atom stereocenters. The minimum atomic E-state index is 0.545. The average Bonchev–Trinajstić information content (AvgIpc) is 2.63. The third kappa shape index (κ3) is 2.59. The summed E-state index contributed by atoms with van der Waals surface area (Å²) < 4.78 is 7.49. The van der Waals surface area contributed by atoms with Crippen molar-refractivity contribution in [3.8, 4) is 0 Å². The highest BCUT2D eigenvalue weighted by atomic mass is 16.5. The number of hydrogen-bond acceptors (Lipinski definition) is 2. The van der Waals surface area contributed by atoms with Crippen molar-refractivity contribution in [1.29, 1.82) is 0 Å². The lowest BCUT2D eigenvalue weighted by Gasteiger charge is -2.22. The van der Waals surface area contributed by atoms with Crippen LogP contribution in [0.4, 0.5) is 0 Å². The number of nitrogens with zero attached hydrogens (tertiary/aromatic N) is 1. The fraction of sp³-hybridized carbons (Fsp3) is 0.636. The molecule has 3 heteroatoms. The van der Waals surface area contributed by atoms with Crippen molar-refractivity contribution in [2.75, 3.05) is 13.2 Å². The van der Waals surface area contributed by atoms with E-state index >= 15 is 0 Å². The van der Waals surface area contributed by atoms with Gasteiger partial charge in [0.05, 0.1) is 6.61 Å². The molecule has 1 fully saturated rings. The Bertz CT molecular complexity index is 277. The minimum Gasteiger partial charge on any atom is -0.380 e. The molecule has 1 aliphatic rings. The fourth-order valence-corrected chi connectivity index (χ4v) is 1.83. The summed E-state index contributed by atoms with van der Waals surface area (Å²) in [7, 11) is 2.05. The van der Waals surface area contributed by atoms with Gasteiger partial charge in [0.25, 0.3) is 0 Å². The Morgan fingerprint density at radius 1 is 1.64 bits per heavy atom. The highest BCUT2D eigenvalue weighted by Gasteiger charge is 2.12. The first-order chi connectivity index (χ1) is 6.84. The van der Waals surface area contributed by atoms with E-state index in [4.69, 9.17) is 4.74 Å². The van der Waals surface area contributed by atoms with Crippen LogP contribution in [0.3, 0.4) is 0 Å². The predicted octanol–water partition coefficient (Wildman–Crippen LogP) is 1.29. The first kappa shape index (κ1) is 9.74. The van der Waals surface area contributed by atoms with E-state index in [2.05, 4.69) is 28.3 Å². The molecule has 1 aliphatic heterocycles. The molecule has 2 rings (SSSR count). The maximum atomic E-state index is 5.41. The van der Waals surface area contributed by atoms with Crippen LogP contribution >= 0.6 is 0 Å². The van der Waals surface area contributed by atoms with Gasteiger partial charge in [0, 0.05) is 38.6 Å². The molecule has 78 valence electrons. The molecule has 0 radical (unpaired) electrons. The van der Waals surface area contributed by atoms with E-state index in [0.717, 1.165) is 19.8 Å². The van der Waals surface area contributed by atoms with Crippen LogP contribution in [-0.2, 0) is 18.3 Å². The van der Waals surface area contributed by atoms with Crippen molar-refractivity contribution in [2.45, 2.75) is 25.4 Å². The van der Waals surface area contributed by atoms with Gasteiger partial charge in [0.15, 0.2) is 0 Å². The maximum Gasteiger partial charge on any atom is 0.0619 e. The number of hydrogen-bond donors (Lipinski definition) is 1. The molecule has 0 spiro atoms. The van der Waals surface area contributed by atoms with Crippen LogP contribution < -0.4 is 5.32 Å². The van der Waals surface area contributed by atoms with Gasteiger partial charge in [-0.05, 0) is 24.5 Å². The fourth-order valence-electron chi connectivity index (χ4n) is 1.83. The Morgan fingerprint density at radius 3 is 3.21 bits per heavy atom. The first-order valence-electron chi connectivity index (χ1n) is 5.26. The lowest BCUT2D eigenvalue weighted by molar-refractivity contribution is 0.0699. The summed E-state index contributed by atoms with van der Waals surface area (Å²) in [5.74, 6) is 0. The van der Waals surface area contributed by atoms with Crippen molar-refractivity contribution < 1.29 is 4.74 Å². The molecule has 1 atom stereocenters. The second-order valence-corrected chi connectivity index (χ2v) is 3.98. The number of aromatic nitrogens is 1. The van der Waals surface area contributed by atoms with Gasteiger partial charge in [-0.1, -0.05) is 0 Å². The molecule has 1 aromatic heterocycles. The van der Waals surface area contributed by atoms with Crippen LogP contribution in [0.5, 0.6) is 0 Å². The molecule has 1 saturated heterocycles. The van der Waals surface area contributed by atoms with Crippen LogP contribution in [0.2, 0.25) is 0 Å². The van der Waals surface area contributed by atoms with Crippen molar-refractivity contribution in [3.05, 3.63) is 24.0 Å². The van der Waals surface area contributed by atoms with Crippen molar-refractivity contribution in [2.24, 2.45) is 7.05 Å². The summed E-state index contributed by atoms with van der Waals surface area (Å²) in [6.07, 6.45) is 6.66. The molecule has 2 heterocycles. The predicted molar refractivity (Wildman–Crippen MR) is 56.1 cm³/mol. The van der Waals surface area contributed by atoms with E-state index in [-0.39, 0.29) is 0 Å². The van der Waals surface area contributed by atoms with Gasteiger partial charge >= 0.3 is 0 Å². The topological polar surface area (TPSA) is 26.2 Å². The summed E-state index contributed by atoms with van der Waals surface area (Å²) in [4.78, 5) is 0. The third-order valence-corrected chi connectivity index (χ3v) is 2.65. The molecular formula is C11H18N2O. The van der Waals surface area contributed by atoms with Crippen LogP contribution in [0.25, 0.3) is 0 Å². The Labute approximate surface area is 85.1 Å². The Hall–Kier alpha value is -0.800. The van der Waals surface area contributed by atoms with E-state index in [1.165, 1.54) is 18.4 Å². The number of nitrogens with one attached hydrogen (secondary N) is 1. The van der Waals surface area contributed by atoms with Crippen molar-refractivity contribution >= 4 is 0 Å². The zero-order valence-corrected chi connectivity index (χ0v) is 8.70. The van der Waals surface area contributed by atoms with Crippen LogP contribution in [0.1, 0.15) is 18.4 Å². The van der Waals surface area contributed by atoms with Gasteiger partial charge in [-0.15, -0.1) is 0 Å². The lowest BCUT2D eigenvalue weighted by atomic mass is 10.1. The molecule has 0 aromatic carbocycles.